The van der Waals surface area contributed by atoms with Crippen molar-refractivity contribution in [2.75, 3.05) is 57.3 Å². The summed E-state index contributed by atoms with van der Waals surface area (Å²) in [6.45, 7) is 8.84. The number of carbonyl (C=O) groups is 1. The molecule has 1 atom stereocenters. The fourth-order valence-corrected chi connectivity index (χ4v) is 3.32. The zero-order chi connectivity index (χ0) is 16.2. The molecule has 126 valence electrons. The van der Waals surface area contributed by atoms with Crippen LogP contribution in [0.25, 0.3) is 0 Å². The van der Waals surface area contributed by atoms with Crippen LogP contribution in [0.2, 0.25) is 0 Å². The number of hydrogen-bond acceptors (Lipinski definition) is 4. The SMILES string of the molecule is CC(C(=O)N1CCNCC1)N1CCN(c2ccc(F)cc2)CC1. The summed E-state index contributed by atoms with van der Waals surface area (Å²) < 4.78 is 13.0. The van der Waals surface area contributed by atoms with E-state index in [1.54, 1.807) is 0 Å². The van der Waals surface area contributed by atoms with Crippen LogP contribution >= 0.6 is 0 Å². The third-order valence-electron chi connectivity index (χ3n) is 4.84. The molecule has 2 saturated heterocycles. The van der Waals surface area contributed by atoms with E-state index in [-0.39, 0.29) is 17.8 Å². The zero-order valence-electron chi connectivity index (χ0n) is 13.7. The molecule has 23 heavy (non-hydrogen) atoms. The average molecular weight is 320 g/mol. The molecule has 2 aliphatic rings. The van der Waals surface area contributed by atoms with Gasteiger partial charge in [-0.05, 0) is 31.2 Å². The molecule has 2 heterocycles. The van der Waals surface area contributed by atoms with Crippen molar-refractivity contribution in [3.63, 3.8) is 0 Å². The zero-order valence-corrected chi connectivity index (χ0v) is 13.7. The van der Waals surface area contributed by atoms with E-state index in [4.69, 9.17) is 0 Å². The van der Waals surface area contributed by atoms with Crippen molar-refractivity contribution in [3.8, 4) is 0 Å². The minimum Gasteiger partial charge on any atom is -0.369 e. The van der Waals surface area contributed by atoms with Crippen LogP contribution in [0.5, 0.6) is 0 Å². The van der Waals surface area contributed by atoms with Crippen LogP contribution in [-0.2, 0) is 4.79 Å². The standard InChI is InChI=1S/C17H25FN4O/c1-14(17(23)22-8-6-19-7-9-22)20-10-12-21(13-11-20)16-4-2-15(18)3-5-16/h2-5,14,19H,6-13H2,1H3. The van der Waals surface area contributed by atoms with Gasteiger partial charge in [0, 0.05) is 58.0 Å². The number of carbonyl (C=O) groups excluding carboxylic acids is 1. The van der Waals surface area contributed by atoms with Gasteiger partial charge in [-0.1, -0.05) is 0 Å². The highest BCUT2D eigenvalue weighted by Gasteiger charge is 2.29. The van der Waals surface area contributed by atoms with Gasteiger partial charge in [0.15, 0.2) is 0 Å². The Morgan fingerprint density at radius 3 is 2.26 bits per heavy atom. The van der Waals surface area contributed by atoms with Crippen LogP contribution in [0.15, 0.2) is 24.3 Å². The first-order valence-corrected chi connectivity index (χ1v) is 8.39. The number of hydrogen-bond donors (Lipinski definition) is 1. The molecule has 0 aliphatic carbocycles. The molecular formula is C17H25FN4O. The van der Waals surface area contributed by atoms with E-state index < -0.39 is 0 Å². The second-order valence-electron chi connectivity index (χ2n) is 6.25. The molecule has 0 radical (unpaired) electrons. The number of amides is 1. The van der Waals surface area contributed by atoms with E-state index in [1.165, 1.54) is 12.1 Å². The number of anilines is 1. The Hall–Kier alpha value is -1.66. The lowest BCUT2D eigenvalue weighted by atomic mass is 10.1. The molecule has 1 amide bonds. The fourth-order valence-electron chi connectivity index (χ4n) is 3.32. The van der Waals surface area contributed by atoms with Crippen LogP contribution in [0.1, 0.15) is 6.92 Å². The van der Waals surface area contributed by atoms with E-state index in [1.807, 2.05) is 24.0 Å². The van der Waals surface area contributed by atoms with Gasteiger partial charge >= 0.3 is 0 Å². The first-order chi connectivity index (χ1) is 11.1. The highest BCUT2D eigenvalue weighted by atomic mass is 19.1. The molecule has 0 spiro atoms. The molecule has 2 fully saturated rings. The monoisotopic (exact) mass is 320 g/mol. The Kier molecular flexibility index (Phi) is 5.13. The number of benzene rings is 1. The molecule has 0 bridgehead atoms. The Morgan fingerprint density at radius 2 is 1.65 bits per heavy atom. The van der Waals surface area contributed by atoms with Gasteiger partial charge < -0.3 is 15.1 Å². The summed E-state index contributed by atoms with van der Waals surface area (Å²) in [5.41, 5.74) is 1.05. The quantitative estimate of drug-likeness (QED) is 0.893. The van der Waals surface area contributed by atoms with E-state index in [0.717, 1.165) is 58.0 Å². The summed E-state index contributed by atoms with van der Waals surface area (Å²) in [5, 5.41) is 3.28. The normalized spacial score (nSPS) is 21.3. The van der Waals surface area contributed by atoms with Gasteiger partial charge in [0.2, 0.25) is 5.91 Å². The maximum atomic E-state index is 13.0. The molecule has 1 N–H and O–H groups in total. The summed E-state index contributed by atoms with van der Waals surface area (Å²) in [6, 6.07) is 6.57. The molecule has 0 aromatic heterocycles. The first-order valence-electron chi connectivity index (χ1n) is 8.39. The van der Waals surface area contributed by atoms with Crippen LogP contribution in [0.3, 0.4) is 0 Å². The van der Waals surface area contributed by atoms with Gasteiger partial charge in [0.1, 0.15) is 5.82 Å². The highest BCUT2D eigenvalue weighted by molar-refractivity contribution is 5.81. The Balaban J connectivity index is 1.53. The molecule has 6 heteroatoms. The summed E-state index contributed by atoms with van der Waals surface area (Å²) in [6.07, 6.45) is 0. The smallest absolute Gasteiger partial charge is 0.239 e. The van der Waals surface area contributed by atoms with E-state index in [0.29, 0.717) is 0 Å². The van der Waals surface area contributed by atoms with Gasteiger partial charge in [-0.25, -0.2) is 4.39 Å². The van der Waals surface area contributed by atoms with Crippen LogP contribution in [0, 0.1) is 5.82 Å². The van der Waals surface area contributed by atoms with Crippen LogP contribution < -0.4 is 10.2 Å². The van der Waals surface area contributed by atoms with Crippen molar-refractivity contribution in [2.45, 2.75) is 13.0 Å². The molecule has 1 aromatic rings. The number of rotatable bonds is 3. The lowest BCUT2D eigenvalue weighted by Crippen LogP contribution is -2.57. The van der Waals surface area contributed by atoms with Crippen molar-refractivity contribution in [1.29, 1.82) is 0 Å². The van der Waals surface area contributed by atoms with Crippen molar-refractivity contribution in [2.24, 2.45) is 0 Å². The first kappa shape index (κ1) is 16.2. The van der Waals surface area contributed by atoms with E-state index in [9.17, 15) is 9.18 Å². The van der Waals surface area contributed by atoms with Crippen molar-refractivity contribution < 1.29 is 9.18 Å². The number of piperazine rings is 2. The predicted molar refractivity (Wildman–Crippen MR) is 89.1 cm³/mol. The molecule has 5 nitrogen and oxygen atoms in total. The lowest BCUT2D eigenvalue weighted by Gasteiger charge is -2.40. The van der Waals surface area contributed by atoms with Crippen molar-refractivity contribution >= 4 is 11.6 Å². The van der Waals surface area contributed by atoms with Gasteiger partial charge in [0.25, 0.3) is 0 Å². The van der Waals surface area contributed by atoms with Gasteiger partial charge in [-0.15, -0.1) is 0 Å². The maximum Gasteiger partial charge on any atom is 0.239 e. The summed E-state index contributed by atoms with van der Waals surface area (Å²) in [7, 11) is 0. The van der Waals surface area contributed by atoms with Gasteiger partial charge in [0.05, 0.1) is 6.04 Å². The second kappa shape index (κ2) is 7.27. The minimum absolute atomic E-state index is 0.0662. The number of halogens is 1. The van der Waals surface area contributed by atoms with E-state index in [2.05, 4.69) is 15.1 Å². The minimum atomic E-state index is -0.206. The maximum absolute atomic E-state index is 13.0. The molecule has 1 aromatic carbocycles. The highest BCUT2D eigenvalue weighted by Crippen LogP contribution is 2.18. The summed E-state index contributed by atoms with van der Waals surface area (Å²) in [4.78, 5) is 19.1. The van der Waals surface area contributed by atoms with Crippen molar-refractivity contribution in [1.82, 2.24) is 15.1 Å². The van der Waals surface area contributed by atoms with Gasteiger partial charge in [-0.2, -0.15) is 0 Å². The predicted octanol–water partition coefficient (Wildman–Crippen LogP) is 0.768. The third-order valence-corrected chi connectivity index (χ3v) is 4.84. The van der Waals surface area contributed by atoms with Gasteiger partial charge in [-0.3, -0.25) is 9.69 Å². The molecule has 0 saturated carbocycles. The molecule has 1 unspecified atom stereocenters. The van der Waals surface area contributed by atoms with E-state index >= 15 is 0 Å². The average Bonchev–Trinajstić information content (AvgIpc) is 2.62. The van der Waals surface area contributed by atoms with Crippen molar-refractivity contribution in [3.05, 3.63) is 30.1 Å². The largest absolute Gasteiger partial charge is 0.369 e. The third kappa shape index (κ3) is 3.82. The Labute approximate surface area is 137 Å². The molecule has 3 rings (SSSR count). The number of nitrogens with one attached hydrogen (secondary N) is 1. The number of nitrogens with zero attached hydrogens (tertiary/aromatic N) is 3. The summed E-state index contributed by atoms with van der Waals surface area (Å²) in [5.74, 6) is 0.0318. The molecular weight excluding hydrogens is 295 g/mol. The Morgan fingerprint density at radius 1 is 1.04 bits per heavy atom. The topological polar surface area (TPSA) is 38.8 Å². The van der Waals surface area contributed by atoms with Crippen LogP contribution in [0.4, 0.5) is 10.1 Å². The summed E-state index contributed by atoms with van der Waals surface area (Å²) >= 11 is 0. The Bertz CT molecular complexity index is 522. The second-order valence-corrected chi connectivity index (χ2v) is 6.25. The molecule has 2 aliphatic heterocycles. The van der Waals surface area contributed by atoms with Crippen LogP contribution in [-0.4, -0.2) is 74.1 Å². The fraction of sp³-hybridized carbons (Fsp3) is 0.588. The lowest BCUT2D eigenvalue weighted by molar-refractivity contribution is -0.137.